The third-order valence-corrected chi connectivity index (χ3v) is 4.00. The predicted octanol–water partition coefficient (Wildman–Crippen LogP) is -0.179. The zero-order valence-corrected chi connectivity index (χ0v) is 11.4. The van der Waals surface area contributed by atoms with Crippen molar-refractivity contribution in [3.05, 3.63) is 0 Å². The van der Waals surface area contributed by atoms with Gasteiger partial charge in [-0.05, 0) is 45.9 Å². The number of likely N-dealkylation sites (N-methyl/N-ethyl adjacent to an activating group) is 1. The predicted molar refractivity (Wildman–Crippen MR) is 72.4 cm³/mol. The first-order chi connectivity index (χ1) is 8.25. The van der Waals surface area contributed by atoms with Gasteiger partial charge in [0.15, 0.2) is 0 Å². The highest BCUT2D eigenvalue weighted by Crippen LogP contribution is 2.16. The Bertz CT molecular complexity index is 213. The van der Waals surface area contributed by atoms with Gasteiger partial charge in [-0.25, -0.2) is 0 Å². The van der Waals surface area contributed by atoms with Crippen LogP contribution in [0.3, 0.4) is 0 Å². The van der Waals surface area contributed by atoms with Crippen LogP contribution in [-0.4, -0.2) is 75.8 Å². The maximum absolute atomic E-state index is 3.53. The molecule has 0 bridgehead atoms. The number of hydrogen-bond acceptors (Lipinski definition) is 4. The zero-order valence-electron chi connectivity index (χ0n) is 11.4. The molecule has 17 heavy (non-hydrogen) atoms. The summed E-state index contributed by atoms with van der Waals surface area (Å²) in [5.41, 5.74) is 0. The Balaban J connectivity index is 1.82. The van der Waals surface area contributed by atoms with Gasteiger partial charge in [0.25, 0.3) is 0 Å². The van der Waals surface area contributed by atoms with Crippen molar-refractivity contribution in [2.75, 3.05) is 59.9 Å². The fourth-order valence-corrected chi connectivity index (χ4v) is 3.04. The molecule has 0 saturated carbocycles. The quantitative estimate of drug-likeness (QED) is 0.714. The third kappa shape index (κ3) is 4.21. The van der Waals surface area contributed by atoms with Crippen LogP contribution in [0.4, 0.5) is 0 Å². The maximum atomic E-state index is 3.53. The first-order valence-electron chi connectivity index (χ1n) is 7.06. The van der Waals surface area contributed by atoms with E-state index in [0.717, 1.165) is 19.0 Å². The number of rotatable bonds is 4. The van der Waals surface area contributed by atoms with Crippen LogP contribution in [0.2, 0.25) is 0 Å². The Morgan fingerprint density at radius 3 is 2.59 bits per heavy atom. The second-order valence-electron chi connectivity index (χ2n) is 5.81. The van der Waals surface area contributed by atoms with Gasteiger partial charge in [-0.1, -0.05) is 0 Å². The largest absolute Gasteiger partial charge is 0.317 e. The van der Waals surface area contributed by atoms with Gasteiger partial charge >= 0.3 is 0 Å². The lowest BCUT2D eigenvalue weighted by molar-refractivity contribution is 0.106. The molecule has 2 aliphatic heterocycles. The van der Waals surface area contributed by atoms with Crippen molar-refractivity contribution < 1.29 is 0 Å². The summed E-state index contributed by atoms with van der Waals surface area (Å²) in [6.07, 6.45) is 2.72. The van der Waals surface area contributed by atoms with Crippen molar-refractivity contribution in [3.8, 4) is 0 Å². The van der Waals surface area contributed by atoms with Crippen molar-refractivity contribution in [2.24, 2.45) is 5.92 Å². The molecule has 0 amide bonds. The zero-order chi connectivity index (χ0) is 12.1. The van der Waals surface area contributed by atoms with E-state index in [4.69, 9.17) is 0 Å². The molecule has 0 unspecified atom stereocenters. The molecule has 0 aromatic rings. The maximum Gasteiger partial charge on any atom is 0.0348 e. The molecule has 2 rings (SSSR count). The van der Waals surface area contributed by atoms with Crippen molar-refractivity contribution in [3.63, 3.8) is 0 Å². The molecule has 0 aromatic heterocycles. The second-order valence-corrected chi connectivity index (χ2v) is 5.81. The summed E-state index contributed by atoms with van der Waals surface area (Å²) in [6, 6.07) is 0.702. The van der Waals surface area contributed by atoms with Crippen LogP contribution >= 0.6 is 0 Å². The molecule has 0 aromatic carbocycles. The van der Waals surface area contributed by atoms with Crippen LogP contribution in [0.15, 0.2) is 0 Å². The first kappa shape index (κ1) is 13.3. The van der Waals surface area contributed by atoms with E-state index in [1.165, 1.54) is 45.6 Å². The summed E-state index contributed by atoms with van der Waals surface area (Å²) in [6.45, 7) is 8.46. The summed E-state index contributed by atoms with van der Waals surface area (Å²) in [7, 11) is 4.36. The van der Waals surface area contributed by atoms with Crippen LogP contribution in [0.1, 0.15) is 12.8 Å². The summed E-state index contributed by atoms with van der Waals surface area (Å²) in [5.74, 6) is 0.916. The van der Waals surface area contributed by atoms with Crippen molar-refractivity contribution in [2.45, 2.75) is 18.9 Å². The van der Waals surface area contributed by atoms with Gasteiger partial charge in [0.05, 0.1) is 0 Å². The van der Waals surface area contributed by atoms with E-state index in [9.17, 15) is 0 Å². The molecule has 2 fully saturated rings. The fraction of sp³-hybridized carbons (Fsp3) is 1.00. The Kier molecular flexibility index (Phi) is 5.22. The van der Waals surface area contributed by atoms with E-state index in [-0.39, 0.29) is 0 Å². The SMILES string of the molecule is CN(C)C[C@@H]1CNCCN1CC1CCNCC1. The summed E-state index contributed by atoms with van der Waals surface area (Å²) in [4.78, 5) is 5.03. The molecule has 2 heterocycles. The average molecular weight is 240 g/mol. The van der Waals surface area contributed by atoms with Gasteiger partial charge in [-0.2, -0.15) is 0 Å². The molecule has 100 valence electrons. The highest BCUT2D eigenvalue weighted by molar-refractivity contribution is 4.84. The molecule has 0 radical (unpaired) electrons. The Morgan fingerprint density at radius 2 is 1.88 bits per heavy atom. The van der Waals surface area contributed by atoms with Gasteiger partial charge in [-0.3, -0.25) is 4.90 Å². The monoisotopic (exact) mass is 240 g/mol. The molecule has 2 saturated heterocycles. The highest BCUT2D eigenvalue weighted by atomic mass is 15.3. The molecule has 1 atom stereocenters. The van der Waals surface area contributed by atoms with Gasteiger partial charge in [0, 0.05) is 38.8 Å². The van der Waals surface area contributed by atoms with Gasteiger partial charge in [0.1, 0.15) is 0 Å². The summed E-state index contributed by atoms with van der Waals surface area (Å²) >= 11 is 0. The number of nitrogens with one attached hydrogen (secondary N) is 2. The smallest absolute Gasteiger partial charge is 0.0348 e. The summed E-state index contributed by atoms with van der Waals surface area (Å²) in [5, 5.41) is 6.98. The fourth-order valence-electron chi connectivity index (χ4n) is 3.04. The van der Waals surface area contributed by atoms with Crippen LogP contribution < -0.4 is 10.6 Å². The van der Waals surface area contributed by atoms with Gasteiger partial charge < -0.3 is 15.5 Å². The number of piperazine rings is 1. The third-order valence-electron chi connectivity index (χ3n) is 4.00. The van der Waals surface area contributed by atoms with Crippen LogP contribution in [-0.2, 0) is 0 Å². The minimum absolute atomic E-state index is 0.702. The van der Waals surface area contributed by atoms with Crippen molar-refractivity contribution >= 4 is 0 Å². The minimum atomic E-state index is 0.702. The van der Waals surface area contributed by atoms with E-state index in [2.05, 4.69) is 34.5 Å². The lowest BCUT2D eigenvalue weighted by atomic mass is 9.96. The molecule has 0 aliphatic carbocycles. The number of hydrogen-bond donors (Lipinski definition) is 2. The van der Waals surface area contributed by atoms with E-state index in [0.29, 0.717) is 6.04 Å². The highest BCUT2D eigenvalue weighted by Gasteiger charge is 2.25. The standard InChI is InChI=1S/C13H28N4/c1-16(2)11-13-9-15-7-8-17(13)10-12-3-5-14-6-4-12/h12-15H,3-11H2,1-2H3/t13-/m0/s1. The lowest BCUT2D eigenvalue weighted by Gasteiger charge is -2.40. The second kappa shape index (κ2) is 6.69. The molecule has 2 aliphatic rings. The molecular weight excluding hydrogens is 212 g/mol. The van der Waals surface area contributed by atoms with Crippen molar-refractivity contribution in [1.82, 2.24) is 20.4 Å². The van der Waals surface area contributed by atoms with E-state index >= 15 is 0 Å². The molecule has 2 N–H and O–H groups in total. The molecule has 0 spiro atoms. The van der Waals surface area contributed by atoms with Crippen molar-refractivity contribution in [1.29, 1.82) is 0 Å². The van der Waals surface area contributed by atoms with E-state index in [1.54, 1.807) is 0 Å². The van der Waals surface area contributed by atoms with Crippen LogP contribution in [0, 0.1) is 5.92 Å². The van der Waals surface area contributed by atoms with E-state index in [1.807, 2.05) is 0 Å². The molecule has 4 heteroatoms. The summed E-state index contributed by atoms with van der Waals surface area (Å²) < 4.78 is 0. The Labute approximate surface area is 106 Å². The Hall–Kier alpha value is -0.160. The van der Waals surface area contributed by atoms with Gasteiger partial charge in [-0.15, -0.1) is 0 Å². The normalized spacial score (nSPS) is 28.8. The van der Waals surface area contributed by atoms with Gasteiger partial charge in [0.2, 0.25) is 0 Å². The number of nitrogens with zero attached hydrogens (tertiary/aromatic N) is 2. The molecular formula is C13H28N4. The number of piperidine rings is 1. The lowest BCUT2D eigenvalue weighted by Crippen LogP contribution is -2.56. The Morgan fingerprint density at radius 1 is 1.12 bits per heavy atom. The topological polar surface area (TPSA) is 30.5 Å². The van der Waals surface area contributed by atoms with Crippen LogP contribution in [0.5, 0.6) is 0 Å². The first-order valence-corrected chi connectivity index (χ1v) is 7.06. The minimum Gasteiger partial charge on any atom is -0.317 e. The molecule has 4 nitrogen and oxygen atoms in total. The van der Waals surface area contributed by atoms with Crippen LogP contribution in [0.25, 0.3) is 0 Å². The van der Waals surface area contributed by atoms with E-state index < -0.39 is 0 Å². The average Bonchev–Trinajstić information content (AvgIpc) is 2.32.